The van der Waals surface area contributed by atoms with E-state index in [2.05, 4.69) is 20.8 Å². The zero-order valence-electron chi connectivity index (χ0n) is 16.8. The third-order valence-corrected chi connectivity index (χ3v) is 5.15. The van der Waals surface area contributed by atoms with Gasteiger partial charge in [0.2, 0.25) is 0 Å². The number of Topliss-reactive ketones (excluding diaryl/α,β-unsaturated/α-hetero) is 1. The molecule has 0 amide bonds. The first-order valence-corrected chi connectivity index (χ1v) is 9.82. The highest BCUT2D eigenvalue weighted by Crippen LogP contribution is 2.35. The molecule has 1 fully saturated rings. The molecule has 0 bridgehead atoms. The number of nitrogens with zero attached hydrogens (tertiary/aromatic N) is 1. The van der Waals surface area contributed by atoms with Gasteiger partial charge < -0.3 is 4.74 Å². The number of carbonyl (C=O) groups excluding carboxylic acids is 2. The van der Waals surface area contributed by atoms with E-state index >= 15 is 0 Å². The molecule has 0 atom stereocenters. The van der Waals surface area contributed by atoms with Crippen molar-refractivity contribution >= 4 is 11.8 Å². The maximum atomic E-state index is 11.9. The van der Waals surface area contributed by atoms with Crippen molar-refractivity contribution in [2.75, 3.05) is 26.8 Å². The lowest BCUT2D eigenvalue weighted by Gasteiger charge is -2.32. The van der Waals surface area contributed by atoms with Crippen molar-refractivity contribution in [1.29, 1.82) is 0 Å². The third kappa shape index (κ3) is 8.32. The van der Waals surface area contributed by atoms with Crippen molar-refractivity contribution in [2.24, 2.45) is 17.3 Å². The van der Waals surface area contributed by atoms with Gasteiger partial charge in [0.05, 0.1) is 19.1 Å². The molecule has 1 aliphatic carbocycles. The lowest BCUT2D eigenvalue weighted by atomic mass is 9.72. The highest BCUT2D eigenvalue weighted by molar-refractivity contribution is 5.84. The Morgan fingerprint density at radius 3 is 2.36 bits per heavy atom. The van der Waals surface area contributed by atoms with Crippen LogP contribution in [0.15, 0.2) is 0 Å². The Bertz CT molecular complexity index is 416. The van der Waals surface area contributed by atoms with Gasteiger partial charge in [-0.05, 0) is 37.5 Å². The van der Waals surface area contributed by atoms with Crippen LogP contribution in [0.1, 0.15) is 72.6 Å². The number of esters is 1. The van der Waals surface area contributed by atoms with Crippen LogP contribution in [0, 0.1) is 17.3 Å². The molecule has 0 aliphatic heterocycles. The summed E-state index contributed by atoms with van der Waals surface area (Å²) in [6, 6.07) is 0. The second-order valence-electron chi connectivity index (χ2n) is 8.06. The first-order chi connectivity index (χ1) is 11.8. The second-order valence-corrected chi connectivity index (χ2v) is 8.06. The molecule has 25 heavy (non-hydrogen) atoms. The molecule has 0 heterocycles. The van der Waals surface area contributed by atoms with E-state index in [0.29, 0.717) is 31.3 Å². The van der Waals surface area contributed by atoms with Crippen LogP contribution >= 0.6 is 0 Å². The maximum Gasteiger partial charge on any atom is 0.308 e. The largest absolute Gasteiger partial charge is 0.465 e. The summed E-state index contributed by atoms with van der Waals surface area (Å²) in [6.07, 6.45) is 6.10. The van der Waals surface area contributed by atoms with Gasteiger partial charge in [0.25, 0.3) is 0 Å². The molecule has 0 N–H and O–H groups in total. The molecule has 1 rings (SSSR count). The zero-order chi connectivity index (χ0) is 18.9. The van der Waals surface area contributed by atoms with Gasteiger partial charge in [-0.1, -0.05) is 34.1 Å². The number of ether oxygens (including phenoxy) is 1. The minimum Gasteiger partial charge on any atom is -0.465 e. The average Bonchev–Trinajstić information content (AvgIpc) is 2.49. The second kappa shape index (κ2) is 10.9. The number of hydrogen-bond acceptors (Lipinski definition) is 5. The van der Waals surface area contributed by atoms with Crippen LogP contribution in [0.5, 0.6) is 0 Å². The van der Waals surface area contributed by atoms with Crippen molar-refractivity contribution in [3.05, 3.63) is 0 Å². The Kier molecular flexibility index (Phi) is 9.65. The Hall–Kier alpha value is -0.940. The van der Waals surface area contributed by atoms with E-state index in [1.807, 2.05) is 19.0 Å². The van der Waals surface area contributed by atoms with Crippen molar-refractivity contribution in [3.63, 3.8) is 0 Å². The predicted molar refractivity (Wildman–Crippen MR) is 99.0 cm³/mol. The summed E-state index contributed by atoms with van der Waals surface area (Å²) in [5.41, 5.74) is 0.324. The van der Waals surface area contributed by atoms with Gasteiger partial charge in [-0.2, -0.15) is 5.06 Å². The van der Waals surface area contributed by atoms with Crippen LogP contribution in [0.25, 0.3) is 0 Å². The molecule has 0 radical (unpaired) electrons. The van der Waals surface area contributed by atoms with Gasteiger partial charge in [0.1, 0.15) is 5.78 Å². The molecule has 0 aromatic heterocycles. The van der Waals surface area contributed by atoms with E-state index in [1.165, 1.54) is 12.8 Å². The van der Waals surface area contributed by atoms with Gasteiger partial charge in [-0.15, -0.1) is 0 Å². The minimum absolute atomic E-state index is 0.0738. The van der Waals surface area contributed by atoms with E-state index in [9.17, 15) is 9.59 Å². The van der Waals surface area contributed by atoms with Crippen molar-refractivity contribution in [3.8, 4) is 0 Å². The lowest BCUT2D eigenvalue weighted by Crippen LogP contribution is -2.36. The topological polar surface area (TPSA) is 55.8 Å². The highest BCUT2D eigenvalue weighted by Gasteiger charge is 2.38. The molecule has 0 unspecified atom stereocenters. The summed E-state index contributed by atoms with van der Waals surface area (Å²) in [6.45, 7) is 10.5. The van der Waals surface area contributed by atoms with E-state index in [1.54, 1.807) is 0 Å². The van der Waals surface area contributed by atoms with Crippen molar-refractivity contribution < 1.29 is 19.2 Å². The standard InChI is InChI=1S/C20H37NO4/c1-6-9-20(3,4)10-13-25-21(5)11-8-12-24-19(23)17-14-16(15-17)18(22)7-2/h16-17H,6-15H2,1-5H3. The molecule has 1 saturated carbocycles. The van der Waals surface area contributed by atoms with Gasteiger partial charge in [0, 0.05) is 25.9 Å². The van der Waals surface area contributed by atoms with E-state index in [-0.39, 0.29) is 23.6 Å². The molecule has 146 valence electrons. The third-order valence-electron chi connectivity index (χ3n) is 5.15. The van der Waals surface area contributed by atoms with Gasteiger partial charge >= 0.3 is 5.97 Å². The fourth-order valence-corrected chi connectivity index (χ4v) is 3.28. The molecular formula is C20H37NO4. The molecule has 5 nitrogen and oxygen atoms in total. The fourth-order valence-electron chi connectivity index (χ4n) is 3.28. The molecule has 1 aliphatic rings. The summed E-state index contributed by atoms with van der Waals surface area (Å²) < 4.78 is 5.32. The van der Waals surface area contributed by atoms with E-state index < -0.39 is 0 Å². The summed E-state index contributed by atoms with van der Waals surface area (Å²) >= 11 is 0. The average molecular weight is 356 g/mol. The molecular weight excluding hydrogens is 318 g/mol. The van der Waals surface area contributed by atoms with E-state index in [4.69, 9.17) is 9.57 Å². The van der Waals surface area contributed by atoms with Gasteiger partial charge in [-0.25, -0.2) is 0 Å². The van der Waals surface area contributed by atoms with Gasteiger partial charge in [0.15, 0.2) is 0 Å². The van der Waals surface area contributed by atoms with Crippen LogP contribution in [0.4, 0.5) is 0 Å². The molecule has 0 spiro atoms. The molecule has 0 aromatic carbocycles. The van der Waals surface area contributed by atoms with Gasteiger partial charge in [-0.3, -0.25) is 14.4 Å². The number of ketones is 1. The molecule has 0 saturated heterocycles. The number of carbonyl (C=O) groups is 2. The Labute approximate surface area is 153 Å². The maximum absolute atomic E-state index is 11.9. The molecule has 5 heteroatoms. The summed E-state index contributed by atoms with van der Waals surface area (Å²) in [7, 11) is 1.92. The van der Waals surface area contributed by atoms with Crippen LogP contribution in [0.2, 0.25) is 0 Å². The normalized spacial score (nSPS) is 20.4. The highest BCUT2D eigenvalue weighted by atomic mass is 16.7. The summed E-state index contributed by atoms with van der Waals surface area (Å²) in [5.74, 6) is 0.129. The van der Waals surface area contributed by atoms with Crippen LogP contribution < -0.4 is 0 Å². The smallest absolute Gasteiger partial charge is 0.308 e. The quantitative estimate of drug-likeness (QED) is 0.284. The Morgan fingerprint density at radius 2 is 1.76 bits per heavy atom. The minimum atomic E-state index is -0.148. The van der Waals surface area contributed by atoms with Crippen LogP contribution in [0.3, 0.4) is 0 Å². The van der Waals surface area contributed by atoms with Crippen LogP contribution in [-0.2, 0) is 19.2 Å². The SMILES string of the molecule is CCCC(C)(C)CCON(C)CCCOC(=O)C1CC(C(=O)CC)C1. The fraction of sp³-hybridized carbons (Fsp3) is 0.900. The first-order valence-electron chi connectivity index (χ1n) is 9.82. The Morgan fingerprint density at radius 1 is 1.08 bits per heavy atom. The summed E-state index contributed by atoms with van der Waals surface area (Å²) in [5, 5.41) is 1.83. The monoisotopic (exact) mass is 355 g/mol. The van der Waals surface area contributed by atoms with E-state index in [0.717, 1.165) is 26.0 Å². The van der Waals surface area contributed by atoms with Crippen LogP contribution in [-0.4, -0.2) is 43.6 Å². The zero-order valence-corrected chi connectivity index (χ0v) is 16.8. The molecule has 0 aromatic rings. The number of rotatable bonds is 13. The Balaban J connectivity index is 2.04. The number of hydrogen-bond donors (Lipinski definition) is 0. The lowest BCUT2D eigenvalue weighted by molar-refractivity contribution is -0.159. The number of hydroxylamine groups is 2. The van der Waals surface area contributed by atoms with Crippen molar-refractivity contribution in [2.45, 2.75) is 72.6 Å². The first kappa shape index (κ1) is 22.1. The van der Waals surface area contributed by atoms with Crippen molar-refractivity contribution in [1.82, 2.24) is 5.06 Å². The summed E-state index contributed by atoms with van der Waals surface area (Å²) in [4.78, 5) is 29.1. The predicted octanol–water partition coefficient (Wildman–Crippen LogP) is 4.00.